The second kappa shape index (κ2) is 9.78. The molecule has 3 heterocycles. The van der Waals surface area contributed by atoms with E-state index in [-0.39, 0.29) is 11.9 Å². The second-order valence-electron chi connectivity index (χ2n) is 7.63. The van der Waals surface area contributed by atoms with Crippen molar-refractivity contribution < 1.29 is 14.3 Å². The summed E-state index contributed by atoms with van der Waals surface area (Å²) in [5.74, 6) is 0.685. The largest absolute Gasteiger partial charge is 0.497 e. The highest BCUT2D eigenvalue weighted by atomic mass is 16.5. The molecule has 0 unspecified atom stereocenters. The number of fused-ring (bicyclic) bond motifs is 1. The number of hydrogen-bond donors (Lipinski definition) is 2. The van der Waals surface area contributed by atoms with E-state index in [0.717, 1.165) is 67.1 Å². The Balaban J connectivity index is 1.51. The van der Waals surface area contributed by atoms with Gasteiger partial charge in [-0.05, 0) is 43.9 Å². The number of ether oxygens (including phenoxy) is 2. The van der Waals surface area contributed by atoms with Crippen LogP contribution in [0.1, 0.15) is 35.7 Å². The fraction of sp³-hybridized carbons (Fsp3) is 0.435. The molecule has 1 saturated heterocycles. The van der Waals surface area contributed by atoms with Crippen molar-refractivity contribution in [2.75, 3.05) is 32.2 Å². The summed E-state index contributed by atoms with van der Waals surface area (Å²) in [5, 5.41) is 11.9. The van der Waals surface area contributed by atoms with E-state index in [1.807, 2.05) is 35.9 Å². The van der Waals surface area contributed by atoms with E-state index in [1.54, 1.807) is 19.5 Å². The van der Waals surface area contributed by atoms with Gasteiger partial charge in [-0.2, -0.15) is 5.10 Å². The number of anilines is 1. The van der Waals surface area contributed by atoms with Gasteiger partial charge in [-0.3, -0.25) is 4.79 Å². The summed E-state index contributed by atoms with van der Waals surface area (Å²) < 4.78 is 12.5. The lowest BCUT2D eigenvalue weighted by Crippen LogP contribution is -2.31. The molecule has 0 bridgehead atoms. The molecule has 0 radical (unpaired) electrons. The fourth-order valence-electron chi connectivity index (χ4n) is 3.84. The lowest BCUT2D eigenvalue weighted by atomic mass is 10.1. The van der Waals surface area contributed by atoms with Gasteiger partial charge in [0.15, 0.2) is 5.65 Å². The predicted molar refractivity (Wildman–Crippen MR) is 120 cm³/mol. The average molecular weight is 424 g/mol. The molecule has 1 aliphatic heterocycles. The van der Waals surface area contributed by atoms with E-state index < -0.39 is 0 Å². The van der Waals surface area contributed by atoms with Crippen molar-refractivity contribution in [1.29, 1.82) is 0 Å². The molecule has 8 heteroatoms. The van der Waals surface area contributed by atoms with Gasteiger partial charge in [-0.25, -0.2) is 9.67 Å². The number of aromatic nitrogens is 3. The van der Waals surface area contributed by atoms with E-state index >= 15 is 0 Å². The number of aryl methyl sites for hydroxylation is 1. The summed E-state index contributed by atoms with van der Waals surface area (Å²) in [7, 11) is 1.65. The van der Waals surface area contributed by atoms with Crippen LogP contribution < -0.4 is 15.4 Å². The highest BCUT2D eigenvalue weighted by molar-refractivity contribution is 6.06. The van der Waals surface area contributed by atoms with Crippen molar-refractivity contribution in [3.63, 3.8) is 0 Å². The first kappa shape index (κ1) is 21.1. The third-order valence-corrected chi connectivity index (χ3v) is 5.64. The third kappa shape index (κ3) is 4.80. The van der Waals surface area contributed by atoms with Gasteiger partial charge >= 0.3 is 0 Å². The number of carbonyl (C=O) groups is 1. The zero-order valence-corrected chi connectivity index (χ0v) is 18.1. The number of nitrogens with zero attached hydrogens (tertiary/aromatic N) is 3. The summed E-state index contributed by atoms with van der Waals surface area (Å²) in [6.07, 6.45) is 6.00. The van der Waals surface area contributed by atoms with Crippen LogP contribution in [0.4, 0.5) is 5.69 Å². The number of carbonyl (C=O) groups excluding carboxylic acids is 1. The Labute approximate surface area is 181 Å². The molecule has 1 amide bonds. The molecule has 0 saturated carbocycles. The SMILES string of the molecule is CCn1ncc2c(NC3CCOCC3)c(C(=O)NCCc3ccc(OC)cc3)cnc21. The molecule has 2 N–H and O–H groups in total. The van der Waals surface area contributed by atoms with Gasteiger partial charge in [0.1, 0.15) is 5.75 Å². The first-order chi connectivity index (χ1) is 15.2. The molecule has 0 aliphatic carbocycles. The number of nitrogens with one attached hydrogen (secondary N) is 2. The summed E-state index contributed by atoms with van der Waals surface area (Å²) in [4.78, 5) is 17.6. The minimum absolute atomic E-state index is 0.137. The molecular formula is C23H29N5O3. The Hall–Kier alpha value is -3.13. The van der Waals surface area contributed by atoms with Crippen LogP contribution in [0, 0.1) is 0 Å². The number of methoxy groups -OCH3 is 1. The van der Waals surface area contributed by atoms with Gasteiger partial charge < -0.3 is 20.1 Å². The number of benzene rings is 1. The fourth-order valence-corrected chi connectivity index (χ4v) is 3.84. The van der Waals surface area contributed by atoms with E-state index in [0.29, 0.717) is 12.1 Å². The van der Waals surface area contributed by atoms with E-state index in [9.17, 15) is 4.79 Å². The Kier molecular flexibility index (Phi) is 6.66. The summed E-state index contributed by atoms with van der Waals surface area (Å²) in [6.45, 7) is 4.74. The molecule has 0 atom stereocenters. The minimum Gasteiger partial charge on any atom is -0.497 e. The van der Waals surface area contributed by atoms with Crippen molar-refractivity contribution >= 4 is 22.6 Å². The maximum atomic E-state index is 13.1. The molecule has 8 nitrogen and oxygen atoms in total. The number of hydrogen-bond acceptors (Lipinski definition) is 6. The number of pyridine rings is 1. The lowest BCUT2D eigenvalue weighted by Gasteiger charge is -2.25. The molecule has 1 aliphatic rings. The van der Waals surface area contributed by atoms with Gasteiger partial charge in [-0.15, -0.1) is 0 Å². The standard InChI is InChI=1S/C23H29N5O3/c1-3-28-22-19(15-26-28)21(27-17-9-12-31-13-10-17)20(14-25-22)23(29)24-11-8-16-4-6-18(30-2)7-5-16/h4-7,14-15,17H,3,8-13H2,1-2H3,(H,24,29)(H,25,27). The number of amides is 1. The molecule has 3 aromatic rings. The quantitative estimate of drug-likeness (QED) is 0.579. The smallest absolute Gasteiger partial charge is 0.254 e. The van der Waals surface area contributed by atoms with Gasteiger partial charge in [0, 0.05) is 38.5 Å². The van der Waals surface area contributed by atoms with Gasteiger partial charge in [0.25, 0.3) is 5.91 Å². The summed E-state index contributed by atoms with van der Waals surface area (Å²) >= 11 is 0. The van der Waals surface area contributed by atoms with Crippen LogP contribution in [0.3, 0.4) is 0 Å². The molecular weight excluding hydrogens is 394 g/mol. The third-order valence-electron chi connectivity index (χ3n) is 5.64. The van der Waals surface area contributed by atoms with Crippen molar-refractivity contribution in [2.45, 2.75) is 38.8 Å². The van der Waals surface area contributed by atoms with Crippen molar-refractivity contribution in [2.24, 2.45) is 0 Å². The van der Waals surface area contributed by atoms with Crippen LogP contribution in [0.25, 0.3) is 11.0 Å². The first-order valence-electron chi connectivity index (χ1n) is 10.8. The average Bonchev–Trinajstić information content (AvgIpc) is 3.24. The predicted octanol–water partition coefficient (Wildman–Crippen LogP) is 3.02. The van der Waals surface area contributed by atoms with Gasteiger partial charge in [-0.1, -0.05) is 12.1 Å². The maximum Gasteiger partial charge on any atom is 0.254 e. The van der Waals surface area contributed by atoms with Gasteiger partial charge in [0.05, 0.1) is 29.9 Å². The highest BCUT2D eigenvalue weighted by Gasteiger charge is 2.22. The Morgan fingerprint density at radius 1 is 1.23 bits per heavy atom. The van der Waals surface area contributed by atoms with E-state index in [4.69, 9.17) is 9.47 Å². The van der Waals surface area contributed by atoms with Crippen LogP contribution in [0.15, 0.2) is 36.7 Å². The van der Waals surface area contributed by atoms with Crippen molar-refractivity contribution in [3.05, 3.63) is 47.8 Å². The maximum absolute atomic E-state index is 13.1. The van der Waals surface area contributed by atoms with Crippen LogP contribution in [-0.2, 0) is 17.7 Å². The topological polar surface area (TPSA) is 90.3 Å². The molecule has 1 aromatic carbocycles. The van der Waals surface area contributed by atoms with Crippen LogP contribution in [-0.4, -0.2) is 53.6 Å². The Bertz CT molecular complexity index is 1030. The van der Waals surface area contributed by atoms with Crippen LogP contribution >= 0.6 is 0 Å². The normalized spacial score (nSPS) is 14.5. The Morgan fingerprint density at radius 2 is 2.00 bits per heavy atom. The first-order valence-corrected chi connectivity index (χ1v) is 10.8. The monoisotopic (exact) mass is 423 g/mol. The molecule has 4 rings (SSSR count). The Morgan fingerprint density at radius 3 is 2.71 bits per heavy atom. The summed E-state index contributed by atoms with van der Waals surface area (Å²) in [5.41, 5.74) is 3.27. The molecule has 2 aromatic heterocycles. The molecule has 31 heavy (non-hydrogen) atoms. The zero-order valence-electron chi connectivity index (χ0n) is 18.1. The minimum atomic E-state index is -0.137. The van der Waals surface area contributed by atoms with Crippen LogP contribution in [0.2, 0.25) is 0 Å². The second-order valence-corrected chi connectivity index (χ2v) is 7.63. The highest BCUT2D eigenvalue weighted by Crippen LogP contribution is 2.28. The van der Waals surface area contributed by atoms with Crippen LogP contribution in [0.5, 0.6) is 5.75 Å². The molecule has 1 fully saturated rings. The van der Waals surface area contributed by atoms with E-state index in [1.165, 1.54) is 0 Å². The van der Waals surface area contributed by atoms with E-state index in [2.05, 4.69) is 20.7 Å². The number of rotatable bonds is 8. The van der Waals surface area contributed by atoms with Crippen molar-refractivity contribution in [3.8, 4) is 5.75 Å². The summed E-state index contributed by atoms with van der Waals surface area (Å²) in [6, 6.07) is 8.13. The van der Waals surface area contributed by atoms with Crippen molar-refractivity contribution in [1.82, 2.24) is 20.1 Å². The van der Waals surface area contributed by atoms with Gasteiger partial charge in [0.2, 0.25) is 0 Å². The lowest BCUT2D eigenvalue weighted by molar-refractivity contribution is 0.0904. The zero-order chi connectivity index (χ0) is 21.6. The molecule has 164 valence electrons. The molecule has 0 spiro atoms.